The maximum absolute atomic E-state index is 12.3. The molecule has 1 aliphatic rings. The van der Waals surface area contributed by atoms with Crippen LogP contribution < -0.4 is 4.74 Å². The molecule has 1 aromatic rings. The Morgan fingerprint density at radius 2 is 2.00 bits per heavy atom. The molecular formula is C17H22O3. The summed E-state index contributed by atoms with van der Waals surface area (Å²) in [5.41, 5.74) is 0.377. The van der Waals surface area contributed by atoms with Crippen molar-refractivity contribution in [1.29, 1.82) is 0 Å². The van der Waals surface area contributed by atoms with E-state index in [0.717, 1.165) is 11.3 Å². The van der Waals surface area contributed by atoms with Gasteiger partial charge >= 0.3 is 0 Å². The van der Waals surface area contributed by atoms with Gasteiger partial charge < -0.3 is 9.47 Å². The molecule has 0 unspecified atom stereocenters. The summed E-state index contributed by atoms with van der Waals surface area (Å²) >= 11 is 0. The molecule has 0 N–H and O–H groups in total. The number of carbonyl (C=O) groups excluding carboxylic acids is 1. The summed E-state index contributed by atoms with van der Waals surface area (Å²) in [7, 11) is 1.65. The quantitative estimate of drug-likeness (QED) is 0.771. The number of hydrogen-bond donors (Lipinski definition) is 0. The lowest BCUT2D eigenvalue weighted by molar-refractivity contribution is -0.153. The lowest BCUT2D eigenvalue weighted by Gasteiger charge is -2.37. The monoisotopic (exact) mass is 274 g/mol. The van der Waals surface area contributed by atoms with Crippen LogP contribution in [0, 0.1) is 5.92 Å². The number of ketones is 1. The van der Waals surface area contributed by atoms with Crippen LogP contribution in [-0.4, -0.2) is 18.5 Å². The molecule has 0 fully saturated rings. The van der Waals surface area contributed by atoms with Gasteiger partial charge in [0, 0.05) is 12.3 Å². The number of allylic oxidation sites excluding steroid dienone is 1. The minimum Gasteiger partial charge on any atom is -0.497 e. The van der Waals surface area contributed by atoms with E-state index in [2.05, 4.69) is 6.08 Å². The molecule has 0 radical (unpaired) electrons. The summed E-state index contributed by atoms with van der Waals surface area (Å²) in [5.74, 6) is 1.12. The summed E-state index contributed by atoms with van der Waals surface area (Å²) in [6.07, 6.45) is 5.20. The molecule has 0 spiro atoms. The largest absolute Gasteiger partial charge is 0.497 e. The Balaban J connectivity index is 2.10. The van der Waals surface area contributed by atoms with E-state index in [4.69, 9.17) is 9.47 Å². The van der Waals surface area contributed by atoms with Crippen LogP contribution in [0.1, 0.15) is 32.3 Å². The van der Waals surface area contributed by atoms with Gasteiger partial charge in [0.2, 0.25) is 0 Å². The average Bonchev–Trinajstić information content (AvgIpc) is 2.48. The Bertz CT molecular complexity index is 489. The highest BCUT2D eigenvalue weighted by molar-refractivity contribution is 5.90. The van der Waals surface area contributed by atoms with Crippen molar-refractivity contribution in [2.45, 2.75) is 38.9 Å². The topological polar surface area (TPSA) is 35.5 Å². The van der Waals surface area contributed by atoms with E-state index >= 15 is 0 Å². The molecule has 3 nitrogen and oxygen atoms in total. The zero-order chi connectivity index (χ0) is 14.6. The molecule has 1 aliphatic carbocycles. The Kier molecular flexibility index (Phi) is 4.61. The third-order valence-corrected chi connectivity index (χ3v) is 4.12. The number of Topliss-reactive ketones (excluding diaryl/α,β-unsaturated/α-hetero) is 1. The molecule has 0 bridgehead atoms. The van der Waals surface area contributed by atoms with Gasteiger partial charge in [0.15, 0.2) is 5.78 Å². The predicted molar refractivity (Wildman–Crippen MR) is 78.7 cm³/mol. The van der Waals surface area contributed by atoms with Crippen LogP contribution in [0.4, 0.5) is 0 Å². The van der Waals surface area contributed by atoms with Gasteiger partial charge in [-0.15, -0.1) is 0 Å². The smallest absolute Gasteiger partial charge is 0.168 e. The van der Waals surface area contributed by atoms with Crippen LogP contribution in [-0.2, 0) is 16.1 Å². The molecule has 0 saturated carbocycles. The lowest BCUT2D eigenvalue weighted by atomic mass is 9.77. The zero-order valence-electron chi connectivity index (χ0n) is 12.4. The van der Waals surface area contributed by atoms with Gasteiger partial charge in [-0.2, -0.15) is 0 Å². The second kappa shape index (κ2) is 6.23. The maximum atomic E-state index is 12.3. The normalized spacial score (nSPS) is 25.8. The summed E-state index contributed by atoms with van der Waals surface area (Å²) in [5, 5.41) is 0. The summed E-state index contributed by atoms with van der Waals surface area (Å²) < 4.78 is 11.2. The number of rotatable bonds is 5. The predicted octanol–water partition coefficient (Wildman–Crippen LogP) is 3.53. The average molecular weight is 274 g/mol. The SMILES string of the molecule is CC[C@@]1(OCc2ccc(OC)cc2)C(=O)CC=C[C@H]1C. The van der Waals surface area contributed by atoms with Crippen molar-refractivity contribution in [2.24, 2.45) is 5.92 Å². The first-order chi connectivity index (χ1) is 9.62. The van der Waals surface area contributed by atoms with Crippen molar-refractivity contribution in [3.8, 4) is 5.75 Å². The second-order valence-electron chi connectivity index (χ2n) is 5.22. The van der Waals surface area contributed by atoms with Crippen molar-refractivity contribution < 1.29 is 14.3 Å². The molecule has 0 heterocycles. The number of hydrogen-bond acceptors (Lipinski definition) is 3. The first kappa shape index (κ1) is 14.8. The molecule has 3 heteroatoms. The van der Waals surface area contributed by atoms with Crippen LogP contribution in [0.2, 0.25) is 0 Å². The Morgan fingerprint density at radius 3 is 2.55 bits per heavy atom. The van der Waals surface area contributed by atoms with Gasteiger partial charge in [0.25, 0.3) is 0 Å². The zero-order valence-corrected chi connectivity index (χ0v) is 12.4. The maximum Gasteiger partial charge on any atom is 0.168 e. The molecule has 0 saturated heterocycles. The van der Waals surface area contributed by atoms with Crippen molar-refractivity contribution in [3.05, 3.63) is 42.0 Å². The van der Waals surface area contributed by atoms with E-state index in [1.54, 1.807) is 7.11 Å². The van der Waals surface area contributed by atoms with E-state index in [-0.39, 0.29) is 11.7 Å². The highest BCUT2D eigenvalue weighted by Crippen LogP contribution is 2.34. The van der Waals surface area contributed by atoms with Crippen LogP contribution in [0.5, 0.6) is 5.75 Å². The number of carbonyl (C=O) groups is 1. The van der Waals surface area contributed by atoms with Gasteiger partial charge in [-0.3, -0.25) is 4.79 Å². The molecule has 2 rings (SSSR count). The number of methoxy groups -OCH3 is 1. The summed E-state index contributed by atoms with van der Waals surface area (Å²) in [4.78, 5) is 12.3. The van der Waals surface area contributed by atoms with E-state index in [1.165, 1.54) is 0 Å². The Morgan fingerprint density at radius 1 is 1.30 bits per heavy atom. The second-order valence-corrected chi connectivity index (χ2v) is 5.22. The molecule has 1 aromatic carbocycles. The van der Waals surface area contributed by atoms with Crippen LogP contribution in [0.15, 0.2) is 36.4 Å². The van der Waals surface area contributed by atoms with Crippen LogP contribution >= 0.6 is 0 Å². The van der Waals surface area contributed by atoms with E-state index in [0.29, 0.717) is 19.4 Å². The first-order valence-corrected chi connectivity index (χ1v) is 7.09. The number of ether oxygens (including phenoxy) is 2. The molecule has 0 aliphatic heterocycles. The number of benzene rings is 1. The summed E-state index contributed by atoms with van der Waals surface area (Å²) in [6.45, 7) is 4.51. The van der Waals surface area contributed by atoms with Crippen LogP contribution in [0.3, 0.4) is 0 Å². The third-order valence-electron chi connectivity index (χ3n) is 4.12. The Hall–Kier alpha value is -1.61. The minimum atomic E-state index is -0.672. The summed E-state index contributed by atoms with van der Waals surface area (Å²) in [6, 6.07) is 7.75. The molecule has 108 valence electrons. The van der Waals surface area contributed by atoms with Gasteiger partial charge in [-0.25, -0.2) is 0 Å². The van der Waals surface area contributed by atoms with Crippen molar-refractivity contribution in [1.82, 2.24) is 0 Å². The fraction of sp³-hybridized carbons (Fsp3) is 0.471. The van der Waals surface area contributed by atoms with Gasteiger partial charge in [0.1, 0.15) is 11.4 Å². The Labute approximate surface area is 120 Å². The van der Waals surface area contributed by atoms with Gasteiger partial charge in [-0.05, 0) is 24.1 Å². The lowest BCUT2D eigenvalue weighted by Crippen LogP contribution is -2.47. The fourth-order valence-corrected chi connectivity index (χ4v) is 2.73. The first-order valence-electron chi connectivity index (χ1n) is 7.09. The van der Waals surface area contributed by atoms with Crippen molar-refractivity contribution in [2.75, 3.05) is 7.11 Å². The van der Waals surface area contributed by atoms with Crippen molar-refractivity contribution >= 4 is 5.78 Å². The highest BCUT2D eigenvalue weighted by Gasteiger charge is 2.42. The molecule has 0 aromatic heterocycles. The fourth-order valence-electron chi connectivity index (χ4n) is 2.73. The van der Waals surface area contributed by atoms with E-state index in [9.17, 15) is 4.79 Å². The molecule has 2 atom stereocenters. The minimum absolute atomic E-state index is 0.118. The highest BCUT2D eigenvalue weighted by atomic mass is 16.5. The van der Waals surface area contributed by atoms with E-state index < -0.39 is 5.60 Å². The molecule has 0 amide bonds. The van der Waals surface area contributed by atoms with Crippen molar-refractivity contribution in [3.63, 3.8) is 0 Å². The standard InChI is InChI=1S/C17H22O3/c1-4-17(13(2)6-5-7-16(17)18)20-12-14-8-10-15(19-3)11-9-14/h5-6,8-11,13H,4,7,12H2,1-3H3/t13-,17+/m1/s1. The van der Waals surface area contributed by atoms with Gasteiger partial charge in [0.05, 0.1) is 13.7 Å². The third kappa shape index (κ3) is 2.78. The van der Waals surface area contributed by atoms with E-state index in [1.807, 2.05) is 44.2 Å². The molecule has 20 heavy (non-hydrogen) atoms. The van der Waals surface area contributed by atoms with Crippen LogP contribution in [0.25, 0.3) is 0 Å². The van der Waals surface area contributed by atoms with Gasteiger partial charge in [-0.1, -0.05) is 38.1 Å². The molecular weight excluding hydrogens is 252 g/mol.